The summed E-state index contributed by atoms with van der Waals surface area (Å²) in [4.78, 5) is 6.97. The molecule has 1 aliphatic rings. The van der Waals surface area contributed by atoms with Gasteiger partial charge in [-0.1, -0.05) is 6.42 Å². The van der Waals surface area contributed by atoms with Crippen LogP contribution in [0.1, 0.15) is 37.0 Å². The third-order valence-electron chi connectivity index (χ3n) is 3.16. The zero-order chi connectivity index (χ0) is 11.4. The first-order valence-corrected chi connectivity index (χ1v) is 7.31. The summed E-state index contributed by atoms with van der Waals surface area (Å²) in [6.45, 7) is 1.17. The molecule has 2 rings (SSSR count). The Morgan fingerprint density at radius 3 is 3.12 bits per heavy atom. The fraction of sp³-hybridized carbons (Fsp3) is 0.818. The SMILES string of the molecule is CSCCc1nc([C@H]2CCCCN2C)n[nH]1. The Morgan fingerprint density at radius 2 is 2.38 bits per heavy atom. The maximum Gasteiger partial charge on any atom is 0.167 e. The smallest absolute Gasteiger partial charge is 0.167 e. The van der Waals surface area contributed by atoms with Crippen LogP contribution in [0.3, 0.4) is 0 Å². The zero-order valence-corrected chi connectivity index (χ0v) is 10.9. The van der Waals surface area contributed by atoms with Crippen LogP contribution in [0.4, 0.5) is 0 Å². The number of H-pyrrole nitrogens is 1. The molecule has 1 atom stereocenters. The number of nitrogens with one attached hydrogen (secondary N) is 1. The van der Waals surface area contributed by atoms with Crippen molar-refractivity contribution in [2.45, 2.75) is 31.7 Å². The number of rotatable bonds is 4. The van der Waals surface area contributed by atoms with E-state index in [-0.39, 0.29) is 0 Å². The van der Waals surface area contributed by atoms with Gasteiger partial charge in [0.15, 0.2) is 5.82 Å². The van der Waals surface area contributed by atoms with Gasteiger partial charge in [0.1, 0.15) is 5.82 Å². The van der Waals surface area contributed by atoms with Gasteiger partial charge in [-0.3, -0.25) is 10.00 Å². The number of likely N-dealkylation sites (tertiary alicyclic amines) is 1. The van der Waals surface area contributed by atoms with Gasteiger partial charge in [0, 0.05) is 12.2 Å². The summed E-state index contributed by atoms with van der Waals surface area (Å²) < 4.78 is 0. The van der Waals surface area contributed by atoms with Crippen LogP contribution in [-0.4, -0.2) is 45.7 Å². The van der Waals surface area contributed by atoms with Gasteiger partial charge in [-0.2, -0.15) is 16.9 Å². The van der Waals surface area contributed by atoms with Crippen LogP contribution in [-0.2, 0) is 6.42 Å². The topological polar surface area (TPSA) is 44.8 Å². The maximum absolute atomic E-state index is 4.60. The number of hydrogen-bond donors (Lipinski definition) is 1. The highest BCUT2D eigenvalue weighted by Crippen LogP contribution is 2.26. The van der Waals surface area contributed by atoms with Gasteiger partial charge in [-0.05, 0) is 32.7 Å². The van der Waals surface area contributed by atoms with E-state index in [0.29, 0.717) is 6.04 Å². The Morgan fingerprint density at radius 1 is 1.50 bits per heavy atom. The second-order valence-corrected chi connectivity index (χ2v) is 5.36. The van der Waals surface area contributed by atoms with Gasteiger partial charge < -0.3 is 0 Å². The third kappa shape index (κ3) is 2.77. The molecule has 1 aromatic rings. The molecule has 4 nitrogen and oxygen atoms in total. The van der Waals surface area contributed by atoms with Gasteiger partial charge in [0.2, 0.25) is 0 Å². The molecule has 2 heterocycles. The van der Waals surface area contributed by atoms with Crippen molar-refractivity contribution < 1.29 is 0 Å². The Hall–Kier alpha value is -0.550. The number of aromatic nitrogens is 3. The average molecular weight is 240 g/mol. The summed E-state index contributed by atoms with van der Waals surface area (Å²) in [5.41, 5.74) is 0. The molecule has 0 bridgehead atoms. The maximum atomic E-state index is 4.60. The van der Waals surface area contributed by atoms with Crippen LogP contribution in [0.2, 0.25) is 0 Å². The normalized spacial score (nSPS) is 22.5. The Labute approximate surface area is 101 Å². The summed E-state index contributed by atoms with van der Waals surface area (Å²) >= 11 is 1.84. The van der Waals surface area contributed by atoms with Gasteiger partial charge in [0.25, 0.3) is 0 Å². The predicted octanol–water partition coefficient (Wildman–Crippen LogP) is 1.87. The molecule has 1 saturated heterocycles. The lowest BCUT2D eigenvalue weighted by atomic mass is 10.0. The van der Waals surface area contributed by atoms with Crippen molar-refractivity contribution in [3.05, 3.63) is 11.6 Å². The summed E-state index contributed by atoms with van der Waals surface area (Å²) in [5.74, 6) is 3.12. The highest BCUT2D eigenvalue weighted by atomic mass is 32.2. The number of hydrogen-bond acceptors (Lipinski definition) is 4. The highest BCUT2D eigenvalue weighted by Gasteiger charge is 2.24. The van der Waals surface area contributed by atoms with E-state index in [1.165, 1.54) is 25.8 Å². The third-order valence-corrected chi connectivity index (χ3v) is 3.77. The summed E-state index contributed by atoms with van der Waals surface area (Å²) in [5, 5.41) is 7.41. The fourth-order valence-electron chi connectivity index (χ4n) is 2.17. The van der Waals surface area contributed by atoms with E-state index in [9.17, 15) is 0 Å². The molecule has 1 aliphatic heterocycles. The first-order chi connectivity index (χ1) is 7.81. The molecule has 0 aliphatic carbocycles. The van der Waals surface area contributed by atoms with Crippen molar-refractivity contribution in [2.24, 2.45) is 0 Å². The number of aromatic amines is 1. The predicted molar refractivity (Wildman–Crippen MR) is 67.7 cm³/mol. The van der Waals surface area contributed by atoms with Crippen LogP contribution in [0, 0.1) is 0 Å². The lowest BCUT2D eigenvalue weighted by Gasteiger charge is -2.30. The van der Waals surface area contributed by atoms with E-state index in [2.05, 4.69) is 33.4 Å². The highest BCUT2D eigenvalue weighted by molar-refractivity contribution is 7.98. The lowest BCUT2D eigenvalue weighted by molar-refractivity contribution is 0.180. The molecule has 0 aromatic carbocycles. The van der Waals surface area contributed by atoms with Crippen molar-refractivity contribution in [3.8, 4) is 0 Å². The van der Waals surface area contributed by atoms with E-state index in [1.807, 2.05) is 11.8 Å². The minimum atomic E-state index is 0.424. The summed E-state index contributed by atoms with van der Waals surface area (Å²) in [7, 11) is 2.17. The molecule has 0 radical (unpaired) electrons. The first-order valence-electron chi connectivity index (χ1n) is 5.91. The first kappa shape index (κ1) is 11.9. The average Bonchev–Trinajstić information content (AvgIpc) is 2.75. The quantitative estimate of drug-likeness (QED) is 0.872. The van der Waals surface area contributed by atoms with Crippen molar-refractivity contribution in [1.82, 2.24) is 20.1 Å². The van der Waals surface area contributed by atoms with E-state index in [0.717, 1.165) is 23.8 Å². The molecule has 16 heavy (non-hydrogen) atoms. The minimum absolute atomic E-state index is 0.424. The monoisotopic (exact) mass is 240 g/mol. The van der Waals surface area contributed by atoms with E-state index in [4.69, 9.17) is 0 Å². The second-order valence-electron chi connectivity index (χ2n) is 4.38. The van der Waals surface area contributed by atoms with Crippen molar-refractivity contribution in [1.29, 1.82) is 0 Å². The Bertz CT molecular complexity index is 326. The Kier molecular flexibility index (Phi) is 4.23. The molecule has 1 fully saturated rings. The van der Waals surface area contributed by atoms with Crippen LogP contribution in [0.15, 0.2) is 0 Å². The van der Waals surface area contributed by atoms with E-state index in [1.54, 1.807) is 0 Å². The van der Waals surface area contributed by atoms with Crippen LogP contribution in [0.25, 0.3) is 0 Å². The molecule has 5 heteroatoms. The van der Waals surface area contributed by atoms with Gasteiger partial charge in [-0.15, -0.1) is 0 Å². The molecule has 0 amide bonds. The van der Waals surface area contributed by atoms with Crippen molar-refractivity contribution >= 4 is 11.8 Å². The molecule has 90 valence electrons. The summed E-state index contributed by atoms with van der Waals surface area (Å²) in [6.07, 6.45) is 6.90. The molecule has 0 spiro atoms. The van der Waals surface area contributed by atoms with E-state index >= 15 is 0 Å². The zero-order valence-electron chi connectivity index (χ0n) is 10.1. The minimum Gasteiger partial charge on any atom is -0.296 e. The van der Waals surface area contributed by atoms with Crippen molar-refractivity contribution in [2.75, 3.05) is 25.6 Å². The van der Waals surface area contributed by atoms with E-state index < -0.39 is 0 Å². The molecular weight excluding hydrogens is 220 g/mol. The molecule has 0 saturated carbocycles. The lowest BCUT2D eigenvalue weighted by Crippen LogP contribution is -2.30. The number of aryl methyl sites for hydroxylation is 1. The van der Waals surface area contributed by atoms with Crippen LogP contribution < -0.4 is 0 Å². The molecule has 0 unspecified atom stereocenters. The second kappa shape index (κ2) is 5.68. The summed E-state index contributed by atoms with van der Waals surface area (Å²) in [6, 6.07) is 0.424. The molecule has 1 N–H and O–H groups in total. The number of piperidine rings is 1. The number of thioether (sulfide) groups is 1. The van der Waals surface area contributed by atoms with Gasteiger partial charge >= 0.3 is 0 Å². The van der Waals surface area contributed by atoms with Crippen LogP contribution >= 0.6 is 11.8 Å². The van der Waals surface area contributed by atoms with Crippen molar-refractivity contribution in [3.63, 3.8) is 0 Å². The largest absolute Gasteiger partial charge is 0.296 e. The molecule has 1 aromatic heterocycles. The van der Waals surface area contributed by atoms with Gasteiger partial charge in [-0.25, -0.2) is 4.98 Å². The standard InChI is InChI=1S/C11H20N4S/c1-15-7-4-3-5-9(15)11-12-10(13-14-11)6-8-16-2/h9H,3-8H2,1-2H3,(H,12,13,14)/t9-/m1/s1. The van der Waals surface area contributed by atoms with Crippen LogP contribution in [0.5, 0.6) is 0 Å². The van der Waals surface area contributed by atoms with Gasteiger partial charge in [0.05, 0.1) is 6.04 Å². The fourth-order valence-corrected chi connectivity index (χ4v) is 2.57. The Balaban J connectivity index is 1.99. The molecular formula is C11H20N4S. The number of nitrogens with zero attached hydrogens (tertiary/aromatic N) is 3.